The Kier molecular flexibility index (Phi) is 4.20. The first-order chi connectivity index (χ1) is 10.2. The SMILES string of the molecule is CNC(C)C1CCC(c2ccnc3ccc(F)cc23)CC1. The van der Waals surface area contributed by atoms with E-state index in [1.807, 2.05) is 13.2 Å². The van der Waals surface area contributed by atoms with Gasteiger partial charge in [0, 0.05) is 17.6 Å². The molecule has 1 saturated carbocycles. The average molecular weight is 286 g/mol. The van der Waals surface area contributed by atoms with Crippen molar-refractivity contribution in [1.29, 1.82) is 0 Å². The van der Waals surface area contributed by atoms with Crippen molar-refractivity contribution >= 4 is 10.9 Å². The van der Waals surface area contributed by atoms with Gasteiger partial charge in [-0.25, -0.2) is 4.39 Å². The second-order valence-corrected chi connectivity index (χ2v) is 6.25. The summed E-state index contributed by atoms with van der Waals surface area (Å²) in [5.41, 5.74) is 2.18. The number of fused-ring (bicyclic) bond motifs is 1. The Morgan fingerprint density at radius 1 is 1.19 bits per heavy atom. The third-order valence-electron chi connectivity index (χ3n) is 5.11. The highest BCUT2D eigenvalue weighted by atomic mass is 19.1. The van der Waals surface area contributed by atoms with Crippen molar-refractivity contribution in [1.82, 2.24) is 10.3 Å². The zero-order chi connectivity index (χ0) is 14.8. The molecule has 0 saturated heterocycles. The number of aromatic nitrogens is 1. The summed E-state index contributed by atoms with van der Waals surface area (Å²) in [5.74, 6) is 1.13. The van der Waals surface area contributed by atoms with E-state index in [0.29, 0.717) is 12.0 Å². The van der Waals surface area contributed by atoms with E-state index in [0.717, 1.165) is 16.8 Å². The molecule has 3 heteroatoms. The van der Waals surface area contributed by atoms with E-state index < -0.39 is 0 Å². The molecule has 0 bridgehead atoms. The summed E-state index contributed by atoms with van der Waals surface area (Å²) in [7, 11) is 2.04. The van der Waals surface area contributed by atoms with Crippen molar-refractivity contribution < 1.29 is 4.39 Å². The fraction of sp³-hybridized carbons (Fsp3) is 0.500. The molecular weight excluding hydrogens is 263 g/mol. The van der Waals surface area contributed by atoms with Crippen molar-refractivity contribution in [2.24, 2.45) is 5.92 Å². The molecule has 1 aromatic heterocycles. The summed E-state index contributed by atoms with van der Waals surface area (Å²) in [6.07, 6.45) is 6.72. The van der Waals surface area contributed by atoms with Crippen LogP contribution in [0.1, 0.15) is 44.1 Å². The third-order valence-corrected chi connectivity index (χ3v) is 5.11. The van der Waals surface area contributed by atoms with Gasteiger partial charge in [0.05, 0.1) is 5.52 Å². The predicted octanol–water partition coefficient (Wildman–Crippen LogP) is 4.26. The van der Waals surface area contributed by atoms with Crippen LogP contribution >= 0.6 is 0 Å². The lowest BCUT2D eigenvalue weighted by Gasteiger charge is -2.32. The maximum atomic E-state index is 13.6. The van der Waals surface area contributed by atoms with Gasteiger partial charge in [-0.1, -0.05) is 0 Å². The van der Waals surface area contributed by atoms with Crippen LogP contribution in [0, 0.1) is 11.7 Å². The van der Waals surface area contributed by atoms with Gasteiger partial charge in [-0.2, -0.15) is 0 Å². The fourth-order valence-corrected chi connectivity index (χ4v) is 3.66. The van der Waals surface area contributed by atoms with Crippen LogP contribution in [0.5, 0.6) is 0 Å². The molecule has 1 heterocycles. The van der Waals surface area contributed by atoms with Crippen molar-refractivity contribution in [2.45, 2.75) is 44.6 Å². The summed E-state index contributed by atoms with van der Waals surface area (Å²) in [5, 5.41) is 4.36. The minimum absolute atomic E-state index is 0.172. The number of hydrogen-bond acceptors (Lipinski definition) is 2. The van der Waals surface area contributed by atoms with Crippen molar-refractivity contribution in [3.8, 4) is 0 Å². The van der Waals surface area contributed by atoms with Crippen LogP contribution < -0.4 is 5.32 Å². The van der Waals surface area contributed by atoms with Gasteiger partial charge < -0.3 is 5.32 Å². The molecule has 2 nitrogen and oxygen atoms in total. The zero-order valence-electron chi connectivity index (χ0n) is 12.8. The number of hydrogen-bond donors (Lipinski definition) is 1. The molecule has 1 N–H and O–H groups in total. The van der Waals surface area contributed by atoms with Gasteiger partial charge in [0.15, 0.2) is 0 Å². The number of halogens is 1. The minimum Gasteiger partial charge on any atom is -0.317 e. The third kappa shape index (κ3) is 2.93. The van der Waals surface area contributed by atoms with Crippen LogP contribution in [0.15, 0.2) is 30.5 Å². The molecule has 112 valence electrons. The van der Waals surface area contributed by atoms with Crippen LogP contribution in [0.25, 0.3) is 10.9 Å². The first-order valence-electron chi connectivity index (χ1n) is 7.90. The lowest BCUT2D eigenvalue weighted by molar-refractivity contribution is 0.271. The van der Waals surface area contributed by atoms with E-state index in [4.69, 9.17) is 0 Å². The number of nitrogens with one attached hydrogen (secondary N) is 1. The highest BCUT2D eigenvalue weighted by Crippen LogP contribution is 2.39. The molecule has 3 rings (SSSR count). The molecule has 0 radical (unpaired) electrons. The van der Waals surface area contributed by atoms with E-state index in [-0.39, 0.29) is 5.82 Å². The summed E-state index contributed by atoms with van der Waals surface area (Å²) < 4.78 is 13.6. The highest BCUT2D eigenvalue weighted by molar-refractivity contribution is 5.82. The molecule has 0 aliphatic heterocycles. The van der Waals surface area contributed by atoms with Gasteiger partial charge in [0.1, 0.15) is 5.82 Å². The highest BCUT2D eigenvalue weighted by Gasteiger charge is 2.26. The smallest absolute Gasteiger partial charge is 0.123 e. The van der Waals surface area contributed by atoms with Gasteiger partial charge in [-0.05, 0) is 81.3 Å². The van der Waals surface area contributed by atoms with E-state index in [1.165, 1.54) is 37.3 Å². The monoisotopic (exact) mass is 286 g/mol. The van der Waals surface area contributed by atoms with Crippen LogP contribution in [-0.4, -0.2) is 18.1 Å². The molecule has 1 unspecified atom stereocenters. The van der Waals surface area contributed by atoms with Gasteiger partial charge in [0.25, 0.3) is 0 Å². The molecule has 1 aliphatic rings. The van der Waals surface area contributed by atoms with E-state index in [2.05, 4.69) is 23.3 Å². The average Bonchev–Trinajstić information content (AvgIpc) is 2.53. The summed E-state index contributed by atoms with van der Waals surface area (Å²) in [6.45, 7) is 2.27. The molecule has 1 fully saturated rings. The number of rotatable bonds is 3. The van der Waals surface area contributed by atoms with Crippen molar-refractivity contribution in [3.63, 3.8) is 0 Å². The first-order valence-corrected chi connectivity index (χ1v) is 7.90. The maximum Gasteiger partial charge on any atom is 0.123 e. The summed E-state index contributed by atoms with van der Waals surface area (Å²) in [6, 6.07) is 7.57. The van der Waals surface area contributed by atoms with E-state index in [1.54, 1.807) is 12.1 Å². The maximum absolute atomic E-state index is 13.6. The Morgan fingerprint density at radius 2 is 1.95 bits per heavy atom. The number of nitrogens with zero attached hydrogens (tertiary/aromatic N) is 1. The minimum atomic E-state index is -0.172. The molecule has 2 aromatic rings. The normalized spacial score (nSPS) is 24.1. The van der Waals surface area contributed by atoms with Crippen molar-refractivity contribution in [2.75, 3.05) is 7.05 Å². The van der Waals surface area contributed by atoms with Gasteiger partial charge >= 0.3 is 0 Å². The Hall–Kier alpha value is -1.48. The van der Waals surface area contributed by atoms with Crippen LogP contribution in [0.2, 0.25) is 0 Å². The largest absolute Gasteiger partial charge is 0.317 e. The Bertz CT molecular complexity index is 618. The molecule has 0 spiro atoms. The lowest BCUT2D eigenvalue weighted by atomic mass is 9.76. The zero-order valence-corrected chi connectivity index (χ0v) is 12.8. The molecule has 1 aliphatic carbocycles. The molecule has 0 amide bonds. The van der Waals surface area contributed by atoms with Gasteiger partial charge in [-0.15, -0.1) is 0 Å². The Morgan fingerprint density at radius 3 is 2.67 bits per heavy atom. The first kappa shape index (κ1) is 14.5. The summed E-state index contributed by atoms with van der Waals surface area (Å²) in [4.78, 5) is 4.36. The molecular formula is C18H23FN2. The predicted molar refractivity (Wildman–Crippen MR) is 84.9 cm³/mol. The lowest BCUT2D eigenvalue weighted by Crippen LogP contribution is -2.32. The summed E-state index contributed by atoms with van der Waals surface area (Å²) >= 11 is 0. The van der Waals surface area contributed by atoms with Crippen LogP contribution in [0.3, 0.4) is 0 Å². The second-order valence-electron chi connectivity index (χ2n) is 6.25. The Balaban J connectivity index is 1.84. The van der Waals surface area contributed by atoms with E-state index in [9.17, 15) is 4.39 Å². The standard InChI is InChI=1S/C18H23FN2/c1-12(20-2)13-3-5-14(6-4-13)16-9-10-21-18-8-7-15(19)11-17(16)18/h7-14,20H,3-6H2,1-2H3. The number of pyridine rings is 1. The topological polar surface area (TPSA) is 24.9 Å². The quantitative estimate of drug-likeness (QED) is 0.912. The van der Waals surface area contributed by atoms with Gasteiger partial charge in [-0.3, -0.25) is 4.98 Å². The molecule has 1 atom stereocenters. The van der Waals surface area contributed by atoms with Crippen LogP contribution in [-0.2, 0) is 0 Å². The molecule has 21 heavy (non-hydrogen) atoms. The van der Waals surface area contributed by atoms with Gasteiger partial charge in [0.2, 0.25) is 0 Å². The molecule has 1 aromatic carbocycles. The van der Waals surface area contributed by atoms with Crippen molar-refractivity contribution in [3.05, 3.63) is 41.8 Å². The number of benzene rings is 1. The van der Waals surface area contributed by atoms with Crippen LogP contribution in [0.4, 0.5) is 4.39 Å². The second kappa shape index (κ2) is 6.10. The fourth-order valence-electron chi connectivity index (χ4n) is 3.66. The Labute approximate surface area is 125 Å². The van der Waals surface area contributed by atoms with E-state index >= 15 is 0 Å².